The number of pyridine rings is 1. The van der Waals surface area contributed by atoms with Crippen LogP contribution in [0.4, 0.5) is 0 Å². The van der Waals surface area contributed by atoms with E-state index in [2.05, 4.69) is 20.5 Å². The van der Waals surface area contributed by atoms with E-state index in [1.165, 1.54) is 11.8 Å². The number of carbonyl (C=O) groups is 1. The SMILES string of the molecule is CCn1c(SCC(=O)N[C@@H](C)c2ccccc2)nnc1-c1cccnc1. The van der Waals surface area contributed by atoms with Gasteiger partial charge in [0.15, 0.2) is 11.0 Å². The van der Waals surface area contributed by atoms with E-state index in [-0.39, 0.29) is 11.9 Å². The molecule has 0 saturated heterocycles. The standard InChI is InChI=1S/C19H21N5OS/c1-3-24-18(16-10-7-11-20-12-16)22-23-19(24)26-13-17(25)21-14(2)15-8-5-4-6-9-15/h4-12,14H,3,13H2,1-2H3,(H,21,25)/t14-/m0/s1. The number of carbonyl (C=O) groups excluding carboxylic acids is 1. The minimum absolute atomic E-state index is 0.0278. The van der Waals surface area contributed by atoms with Gasteiger partial charge >= 0.3 is 0 Å². The average Bonchev–Trinajstić information content (AvgIpc) is 3.10. The lowest BCUT2D eigenvalue weighted by molar-refractivity contribution is -0.119. The number of rotatable bonds is 7. The topological polar surface area (TPSA) is 72.7 Å². The van der Waals surface area contributed by atoms with Crippen LogP contribution in [0.3, 0.4) is 0 Å². The van der Waals surface area contributed by atoms with Crippen LogP contribution in [0.15, 0.2) is 60.0 Å². The van der Waals surface area contributed by atoms with Gasteiger partial charge in [0.05, 0.1) is 11.8 Å². The molecular weight excluding hydrogens is 346 g/mol. The number of nitrogens with zero attached hydrogens (tertiary/aromatic N) is 4. The molecule has 2 aromatic heterocycles. The van der Waals surface area contributed by atoms with Crippen molar-refractivity contribution in [2.24, 2.45) is 0 Å². The predicted octanol–water partition coefficient (Wildman–Crippen LogP) is 3.33. The lowest BCUT2D eigenvalue weighted by atomic mass is 10.1. The van der Waals surface area contributed by atoms with Crippen LogP contribution in [0.25, 0.3) is 11.4 Å². The zero-order valence-electron chi connectivity index (χ0n) is 14.8. The molecule has 0 fully saturated rings. The molecule has 3 rings (SSSR count). The maximum absolute atomic E-state index is 12.3. The van der Waals surface area contributed by atoms with Crippen molar-refractivity contribution in [3.05, 3.63) is 60.4 Å². The third kappa shape index (κ3) is 4.29. The molecule has 0 saturated carbocycles. The zero-order valence-corrected chi connectivity index (χ0v) is 15.6. The van der Waals surface area contributed by atoms with Crippen LogP contribution >= 0.6 is 11.8 Å². The second kappa shape index (κ2) is 8.62. The largest absolute Gasteiger partial charge is 0.349 e. The number of hydrogen-bond acceptors (Lipinski definition) is 5. The first-order valence-corrected chi connectivity index (χ1v) is 9.48. The van der Waals surface area contributed by atoms with Crippen molar-refractivity contribution in [2.75, 3.05) is 5.75 Å². The molecule has 0 aliphatic carbocycles. The quantitative estimate of drug-likeness (QED) is 0.649. The Kier molecular flexibility index (Phi) is 6.01. The number of hydrogen-bond donors (Lipinski definition) is 1. The summed E-state index contributed by atoms with van der Waals surface area (Å²) in [5.41, 5.74) is 2.00. The van der Waals surface area contributed by atoms with E-state index in [1.54, 1.807) is 12.4 Å². The Labute approximate surface area is 157 Å². The second-order valence-corrected chi connectivity index (χ2v) is 6.72. The molecule has 1 amide bonds. The number of benzene rings is 1. The van der Waals surface area contributed by atoms with Crippen molar-refractivity contribution in [3.8, 4) is 11.4 Å². The van der Waals surface area contributed by atoms with Gasteiger partial charge in [-0.25, -0.2) is 0 Å². The molecule has 0 bridgehead atoms. The maximum Gasteiger partial charge on any atom is 0.230 e. The maximum atomic E-state index is 12.3. The highest BCUT2D eigenvalue weighted by atomic mass is 32.2. The van der Waals surface area contributed by atoms with Gasteiger partial charge in [-0.15, -0.1) is 10.2 Å². The average molecular weight is 367 g/mol. The Hall–Kier alpha value is -2.67. The van der Waals surface area contributed by atoms with E-state index in [0.717, 1.165) is 28.7 Å². The first-order chi connectivity index (χ1) is 12.7. The number of aromatic nitrogens is 4. The molecule has 6 nitrogen and oxygen atoms in total. The summed E-state index contributed by atoms with van der Waals surface area (Å²) in [6.07, 6.45) is 3.49. The third-order valence-electron chi connectivity index (χ3n) is 3.96. The van der Waals surface area contributed by atoms with Gasteiger partial charge in [-0.2, -0.15) is 0 Å². The smallest absolute Gasteiger partial charge is 0.230 e. The molecule has 134 valence electrons. The van der Waals surface area contributed by atoms with Gasteiger partial charge in [-0.3, -0.25) is 9.78 Å². The molecule has 0 unspecified atom stereocenters. The Morgan fingerprint density at radius 1 is 1.19 bits per heavy atom. The van der Waals surface area contributed by atoms with Crippen molar-refractivity contribution in [2.45, 2.75) is 31.6 Å². The number of thioether (sulfide) groups is 1. The Bertz CT molecular complexity index is 851. The Morgan fingerprint density at radius 3 is 2.69 bits per heavy atom. The van der Waals surface area contributed by atoms with Gasteiger partial charge in [0.25, 0.3) is 0 Å². The molecule has 1 N–H and O–H groups in total. The van der Waals surface area contributed by atoms with Crippen molar-refractivity contribution in [1.82, 2.24) is 25.1 Å². The monoisotopic (exact) mass is 367 g/mol. The third-order valence-corrected chi connectivity index (χ3v) is 4.93. The molecule has 0 spiro atoms. The summed E-state index contributed by atoms with van der Waals surface area (Å²) >= 11 is 1.39. The van der Waals surface area contributed by atoms with E-state index in [4.69, 9.17) is 0 Å². The fraction of sp³-hybridized carbons (Fsp3) is 0.263. The van der Waals surface area contributed by atoms with E-state index < -0.39 is 0 Å². The molecule has 1 atom stereocenters. The highest BCUT2D eigenvalue weighted by Gasteiger charge is 2.15. The molecule has 0 aliphatic heterocycles. The van der Waals surface area contributed by atoms with Crippen molar-refractivity contribution >= 4 is 17.7 Å². The van der Waals surface area contributed by atoms with Crippen LogP contribution < -0.4 is 5.32 Å². The minimum Gasteiger partial charge on any atom is -0.349 e. The highest BCUT2D eigenvalue weighted by molar-refractivity contribution is 7.99. The van der Waals surface area contributed by atoms with Crippen LogP contribution in [0, 0.1) is 0 Å². The van der Waals surface area contributed by atoms with E-state index in [9.17, 15) is 4.79 Å². The molecular formula is C19H21N5OS. The molecule has 2 heterocycles. The second-order valence-electron chi connectivity index (χ2n) is 5.78. The molecule has 0 aliphatic rings. The molecule has 1 aromatic carbocycles. The van der Waals surface area contributed by atoms with Crippen molar-refractivity contribution < 1.29 is 4.79 Å². The summed E-state index contributed by atoms with van der Waals surface area (Å²) in [5, 5.41) is 12.3. The van der Waals surface area contributed by atoms with Gasteiger partial charge in [-0.1, -0.05) is 42.1 Å². The van der Waals surface area contributed by atoms with Crippen LogP contribution in [0.1, 0.15) is 25.5 Å². The van der Waals surface area contributed by atoms with Crippen LogP contribution in [0.2, 0.25) is 0 Å². The molecule has 0 radical (unpaired) electrons. The first kappa shape index (κ1) is 18.1. The summed E-state index contributed by atoms with van der Waals surface area (Å²) in [7, 11) is 0. The normalized spacial score (nSPS) is 11.9. The van der Waals surface area contributed by atoms with E-state index >= 15 is 0 Å². The summed E-state index contributed by atoms with van der Waals surface area (Å²) in [6, 6.07) is 13.7. The van der Waals surface area contributed by atoms with Gasteiger partial charge in [0, 0.05) is 24.5 Å². The summed E-state index contributed by atoms with van der Waals surface area (Å²) < 4.78 is 2.00. The Balaban J connectivity index is 1.63. The summed E-state index contributed by atoms with van der Waals surface area (Å²) in [4.78, 5) is 16.4. The summed E-state index contributed by atoms with van der Waals surface area (Å²) in [6.45, 7) is 4.74. The summed E-state index contributed by atoms with van der Waals surface area (Å²) in [5.74, 6) is 1.03. The van der Waals surface area contributed by atoms with E-state index in [1.807, 2.05) is 60.9 Å². The van der Waals surface area contributed by atoms with Crippen LogP contribution in [-0.2, 0) is 11.3 Å². The Morgan fingerprint density at radius 2 is 2.00 bits per heavy atom. The fourth-order valence-electron chi connectivity index (χ4n) is 2.63. The van der Waals surface area contributed by atoms with Crippen molar-refractivity contribution in [1.29, 1.82) is 0 Å². The van der Waals surface area contributed by atoms with Crippen molar-refractivity contribution in [3.63, 3.8) is 0 Å². The van der Waals surface area contributed by atoms with Crippen LogP contribution in [-0.4, -0.2) is 31.4 Å². The molecule has 7 heteroatoms. The minimum atomic E-state index is -0.0284. The predicted molar refractivity (Wildman–Crippen MR) is 103 cm³/mol. The fourth-order valence-corrected chi connectivity index (χ4v) is 3.44. The van der Waals surface area contributed by atoms with Gasteiger partial charge in [0.1, 0.15) is 0 Å². The number of amides is 1. The van der Waals surface area contributed by atoms with Gasteiger partial charge in [0.2, 0.25) is 5.91 Å². The lowest BCUT2D eigenvalue weighted by Crippen LogP contribution is -2.28. The number of nitrogens with one attached hydrogen (secondary N) is 1. The van der Waals surface area contributed by atoms with E-state index in [0.29, 0.717) is 5.75 Å². The zero-order chi connectivity index (χ0) is 18.4. The molecule has 26 heavy (non-hydrogen) atoms. The first-order valence-electron chi connectivity index (χ1n) is 8.49. The van der Waals surface area contributed by atoms with Gasteiger partial charge < -0.3 is 9.88 Å². The molecule has 3 aromatic rings. The lowest BCUT2D eigenvalue weighted by Gasteiger charge is -2.14. The van der Waals surface area contributed by atoms with Gasteiger partial charge in [-0.05, 0) is 31.5 Å². The van der Waals surface area contributed by atoms with Crippen LogP contribution in [0.5, 0.6) is 0 Å². The highest BCUT2D eigenvalue weighted by Crippen LogP contribution is 2.23.